The molecule has 0 radical (unpaired) electrons. The van der Waals surface area contributed by atoms with Crippen LogP contribution in [0.1, 0.15) is 181 Å². The molecule has 0 aromatic carbocycles. The molecule has 12 unspecified atom stereocenters. The summed E-state index contributed by atoms with van der Waals surface area (Å²) >= 11 is 0. The van der Waals surface area contributed by atoms with Gasteiger partial charge >= 0.3 is 0 Å². The lowest BCUT2D eigenvalue weighted by molar-refractivity contribution is -0.359. The third-order valence-electron chi connectivity index (χ3n) is 12.5. The van der Waals surface area contributed by atoms with E-state index in [9.17, 15) is 45.6 Å². The summed E-state index contributed by atoms with van der Waals surface area (Å²) in [5.74, 6) is -0.264. The fourth-order valence-corrected chi connectivity index (χ4v) is 8.20. The molecule has 0 spiro atoms. The summed E-state index contributed by atoms with van der Waals surface area (Å²) in [7, 11) is 0. The number of unbranched alkanes of at least 4 members (excludes halogenated alkanes) is 20. The van der Waals surface area contributed by atoms with Gasteiger partial charge in [0, 0.05) is 6.42 Å². The number of aliphatic hydroxyl groups is 8. The Bertz CT molecular complexity index is 1290. The van der Waals surface area contributed by atoms with Gasteiger partial charge in [-0.25, -0.2) is 0 Å². The normalized spacial score (nSPS) is 27.2. The average Bonchev–Trinajstić information content (AvgIpc) is 3.31. The Morgan fingerprint density at radius 1 is 0.530 bits per heavy atom. The highest BCUT2D eigenvalue weighted by molar-refractivity contribution is 5.76. The number of hydrogen-bond acceptors (Lipinski definition) is 13. The van der Waals surface area contributed by atoms with Crippen LogP contribution in [-0.2, 0) is 23.7 Å². The molecule has 2 aliphatic heterocycles. The van der Waals surface area contributed by atoms with Crippen LogP contribution < -0.4 is 5.32 Å². The molecule has 12 atom stereocenters. The fourth-order valence-electron chi connectivity index (χ4n) is 8.20. The largest absolute Gasteiger partial charge is 0.394 e. The summed E-state index contributed by atoms with van der Waals surface area (Å²) in [6.45, 7) is 2.73. The minimum absolute atomic E-state index is 0.259. The van der Waals surface area contributed by atoms with Crippen molar-refractivity contribution < 1.29 is 64.6 Å². The second-order valence-corrected chi connectivity index (χ2v) is 18.3. The van der Waals surface area contributed by atoms with Crippen LogP contribution in [0.2, 0.25) is 0 Å². The van der Waals surface area contributed by atoms with E-state index in [1.165, 1.54) is 83.5 Å². The highest BCUT2D eigenvalue weighted by Gasteiger charge is 2.51. The predicted octanol–water partition coefficient (Wildman–Crippen LogP) is 6.88. The van der Waals surface area contributed by atoms with Gasteiger partial charge in [-0.3, -0.25) is 4.79 Å². The summed E-state index contributed by atoms with van der Waals surface area (Å²) in [4.78, 5) is 13.2. The van der Waals surface area contributed by atoms with Crippen molar-refractivity contribution in [2.75, 3.05) is 19.8 Å². The van der Waals surface area contributed by atoms with E-state index in [0.29, 0.717) is 12.8 Å². The second-order valence-electron chi connectivity index (χ2n) is 18.3. The number of aliphatic hydroxyl groups excluding tert-OH is 8. The summed E-state index contributed by atoms with van der Waals surface area (Å²) in [6, 6.07) is -0.941. The monoisotopic (exact) mass is 940 g/mol. The minimum Gasteiger partial charge on any atom is -0.394 e. The predicted molar refractivity (Wildman–Crippen MR) is 258 cm³/mol. The number of nitrogens with one attached hydrogen (secondary N) is 1. The molecule has 2 saturated heterocycles. The van der Waals surface area contributed by atoms with E-state index in [2.05, 4.69) is 55.6 Å². The Balaban J connectivity index is 1.88. The number of hydrogen-bond donors (Lipinski definition) is 9. The first-order valence-electron chi connectivity index (χ1n) is 25.9. The zero-order valence-corrected chi connectivity index (χ0v) is 40.7. The molecular formula is C52H93NO13. The summed E-state index contributed by atoms with van der Waals surface area (Å²) in [5.41, 5.74) is 0. The zero-order valence-electron chi connectivity index (χ0n) is 40.7. The Labute approximate surface area is 397 Å². The highest BCUT2D eigenvalue weighted by atomic mass is 16.7. The molecular weight excluding hydrogens is 847 g/mol. The molecule has 0 saturated carbocycles. The summed E-state index contributed by atoms with van der Waals surface area (Å²) < 4.78 is 22.7. The van der Waals surface area contributed by atoms with E-state index in [1.807, 2.05) is 6.08 Å². The van der Waals surface area contributed by atoms with Crippen LogP contribution in [0.25, 0.3) is 0 Å². The number of carbonyl (C=O) groups is 1. The standard InChI is InChI=1S/C52H93NO13/c1-3-5-7-9-11-13-15-17-19-21-23-25-27-29-31-33-35-41(56)40(53-44(57)36-34-32-30-28-26-24-22-20-18-16-14-12-10-8-6-4-2)39-63-51-49(62)47(60)50(43(38-55)65-51)66-52-48(61)46(59)45(58)42(37-54)64-52/h17,19-20,22,25,27,33,35,40-43,45-52,54-56,58-62H,3-16,18,21,23-24,26,28-32,34,36-39H2,1-2H3,(H,53,57)/b19-17+,22-20-,27-25+,35-33+. The molecule has 14 heteroatoms. The maximum absolute atomic E-state index is 13.2. The molecule has 9 N–H and O–H groups in total. The lowest BCUT2D eigenvalue weighted by Gasteiger charge is -2.46. The SMILES string of the molecule is CCCCCCCC/C=C/CC/C=C/CC/C=C/C(O)C(COC1OC(CO)C(OC2OC(CO)C(O)C(O)C2O)C(O)C1O)NC(=O)CCCCCCC/C=C\CCCCCCCCC. The molecule has 2 fully saturated rings. The van der Waals surface area contributed by atoms with E-state index >= 15 is 0 Å². The van der Waals surface area contributed by atoms with E-state index in [4.69, 9.17) is 18.9 Å². The van der Waals surface area contributed by atoms with Crippen LogP contribution >= 0.6 is 0 Å². The van der Waals surface area contributed by atoms with Gasteiger partial charge in [0.25, 0.3) is 0 Å². The van der Waals surface area contributed by atoms with E-state index in [0.717, 1.165) is 64.2 Å². The van der Waals surface area contributed by atoms with Crippen LogP contribution in [-0.4, -0.2) is 140 Å². The van der Waals surface area contributed by atoms with Gasteiger partial charge < -0.3 is 65.1 Å². The van der Waals surface area contributed by atoms with Gasteiger partial charge in [-0.15, -0.1) is 0 Å². The Kier molecular flexibility index (Phi) is 35.3. The minimum atomic E-state index is -1.79. The van der Waals surface area contributed by atoms with Crippen molar-refractivity contribution in [3.63, 3.8) is 0 Å². The van der Waals surface area contributed by atoms with Gasteiger partial charge in [-0.1, -0.05) is 152 Å². The average molecular weight is 940 g/mol. The van der Waals surface area contributed by atoms with E-state index in [1.54, 1.807) is 6.08 Å². The van der Waals surface area contributed by atoms with Crippen LogP contribution in [0.15, 0.2) is 48.6 Å². The first kappa shape index (κ1) is 60.1. The first-order chi connectivity index (χ1) is 32.1. The zero-order chi connectivity index (χ0) is 48.2. The third kappa shape index (κ3) is 25.5. The molecule has 0 bridgehead atoms. The molecule has 1 amide bonds. The van der Waals surface area contributed by atoms with Gasteiger partial charge in [0.15, 0.2) is 12.6 Å². The number of carbonyl (C=O) groups excluding carboxylic acids is 1. The molecule has 2 rings (SSSR count). The van der Waals surface area contributed by atoms with Crippen molar-refractivity contribution >= 4 is 5.91 Å². The van der Waals surface area contributed by atoms with Gasteiger partial charge in [0.05, 0.1) is 32.0 Å². The van der Waals surface area contributed by atoms with Gasteiger partial charge in [0.1, 0.15) is 48.8 Å². The Morgan fingerprint density at radius 2 is 0.970 bits per heavy atom. The van der Waals surface area contributed by atoms with Crippen molar-refractivity contribution in [2.45, 2.75) is 254 Å². The van der Waals surface area contributed by atoms with Gasteiger partial charge in [0.2, 0.25) is 5.91 Å². The van der Waals surface area contributed by atoms with Crippen molar-refractivity contribution in [1.29, 1.82) is 0 Å². The fraction of sp³-hybridized carbons (Fsp3) is 0.827. The van der Waals surface area contributed by atoms with Gasteiger partial charge in [-0.05, 0) is 70.6 Å². The molecule has 0 aromatic heterocycles. The van der Waals surface area contributed by atoms with Crippen molar-refractivity contribution in [1.82, 2.24) is 5.32 Å². The van der Waals surface area contributed by atoms with Crippen LogP contribution in [0.4, 0.5) is 0 Å². The molecule has 14 nitrogen and oxygen atoms in total. The quantitative estimate of drug-likeness (QED) is 0.0227. The first-order valence-corrected chi connectivity index (χ1v) is 25.9. The lowest BCUT2D eigenvalue weighted by Crippen LogP contribution is -2.65. The summed E-state index contributed by atoms with van der Waals surface area (Å²) in [6.07, 6.45) is 28.6. The maximum Gasteiger partial charge on any atom is 0.220 e. The second kappa shape index (κ2) is 38.8. The number of ether oxygens (including phenoxy) is 4. The molecule has 0 aliphatic carbocycles. The molecule has 2 aliphatic rings. The van der Waals surface area contributed by atoms with Crippen LogP contribution in [0, 0.1) is 0 Å². The summed E-state index contributed by atoms with van der Waals surface area (Å²) in [5, 5.41) is 86.7. The van der Waals surface area contributed by atoms with Crippen molar-refractivity contribution in [2.24, 2.45) is 0 Å². The van der Waals surface area contributed by atoms with Crippen LogP contribution in [0.3, 0.4) is 0 Å². The van der Waals surface area contributed by atoms with Crippen molar-refractivity contribution in [3.8, 4) is 0 Å². The smallest absolute Gasteiger partial charge is 0.220 e. The molecule has 66 heavy (non-hydrogen) atoms. The molecule has 0 aromatic rings. The highest BCUT2D eigenvalue weighted by Crippen LogP contribution is 2.30. The lowest BCUT2D eigenvalue weighted by atomic mass is 9.97. The molecule has 384 valence electrons. The topological polar surface area (TPSA) is 228 Å². The van der Waals surface area contributed by atoms with Crippen molar-refractivity contribution in [3.05, 3.63) is 48.6 Å². The molecule has 2 heterocycles. The number of allylic oxidation sites excluding steroid dienone is 7. The number of rotatable bonds is 39. The third-order valence-corrected chi connectivity index (χ3v) is 12.5. The van der Waals surface area contributed by atoms with E-state index in [-0.39, 0.29) is 18.9 Å². The Hall–Kier alpha value is -2.05. The maximum atomic E-state index is 13.2. The van der Waals surface area contributed by atoms with Crippen LogP contribution in [0.5, 0.6) is 0 Å². The van der Waals surface area contributed by atoms with Gasteiger partial charge in [-0.2, -0.15) is 0 Å². The van der Waals surface area contributed by atoms with E-state index < -0.39 is 86.8 Å². The number of amides is 1. The Morgan fingerprint density at radius 3 is 1.48 bits per heavy atom.